The average molecular weight is 271 g/mol. The Morgan fingerprint density at radius 3 is 2.63 bits per heavy atom. The van der Waals surface area contributed by atoms with Crippen LogP contribution in [-0.2, 0) is 10.5 Å². The van der Waals surface area contributed by atoms with Crippen LogP contribution < -0.4 is 0 Å². The lowest BCUT2D eigenvalue weighted by molar-refractivity contribution is -0.131. The van der Waals surface area contributed by atoms with Gasteiger partial charge in [0.1, 0.15) is 0 Å². The lowest BCUT2D eigenvalue weighted by Crippen LogP contribution is -1.86. The van der Waals surface area contributed by atoms with Crippen LogP contribution in [0.2, 0.25) is 0 Å². The Balaban J connectivity index is 1.94. The SMILES string of the molecule is O=C(O)C=Cc1ccc(CSc2ccccn2)cc1. The average Bonchev–Trinajstić information content (AvgIpc) is 2.45. The van der Waals surface area contributed by atoms with Gasteiger partial charge in [-0.15, -0.1) is 11.8 Å². The summed E-state index contributed by atoms with van der Waals surface area (Å²) >= 11 is 1.67. The van der Waals surface area contributed by atoms with E-state index in [1.807, 2.05) is 42.5 Å². The van der Waals surface area contributed by atoms with Gasteiger partial charge in [0.2, 0.25) is 0 Å². The zero-order chi connectivity index (χ0) is 13.5. The number of rotatable bonds is 5. The van der Waals surface area contributed by atoms with E-state index in [1.54, 1.807) is 24.0 Å². The summed E-state index contributed by atoms with van der Waals surface area (Å²) in [6, 6.07) is 13.7. The molecule has 0 fully saturated rings. The fourth-order valence-corrected chi connectivity index (χ4v) is 2.30. The number of carbonyl (C=O) groups is 1. The number of benzene rings is 1. The van der Waals surface area contributed by atoms with Gasteiger partial charge in [-0.25, -0.2) is 9.78 Å². The van der Waals surface area contributed by atoms with Crippen molar-refractivity contribution in [3.63, 3.8) is 0 Å². The summed E-state index contributed by atoms with van der Waals surface area (Å²) in [6.07, 6.45) is 4.50. The van der Waals surface area contributed by atoms with E-state index < -0.39 is 5.97 Å². The molecule has 4 heteroatoms. The molecule has 0 amide bonds. The topological polar surface area (TPSA) is 50.2 Å². The number of hydrogen-bond acceptors (Lipinski definition) is 3. The third-order valence-corrected chi connectivity index (χ3v) is 3.44. The van der Waals surface area contributed by atoms with Gasteiger partial charge in [-0.05, 0) is 29.3 Å². The second-order valence-electron chi connectivity index (χ2n) is 3.87. The van der Waals surface area contributed by atoms with Crippen molar-refractivity contribution in [2.45, 2.75) is 10.8 Å². The Hall–Kier alpha value is -2.07. The molecule has 1 aromatic heterocycles. The Kier molecular flexibility index (Phi) is 4.75. The highest BCUT2D eigenvalue weighted by Crippen LogP contribution is 2.20. The number of aromatic nitrogens is 1. The van der Waals surface area contributed by atoms with Crippen molar-refractivity contribution in [1.29, 1.82) is 0 Å². The second-order valence-corrected chi connectivity index (χ2v) is 4.87. The molecule has 3 nitrogen and oxygen atoms in total. The normalized spacial score (nSPS) is 10.7. The van der Waals surface area contributed by atoms with Crippen LogP contribution >= 0.6 is 11.8 Å². The van der Waals surface area contributed by atoms with E-state index in [1.165, 1.54) is 5.56 Å². The van der Waals surface area contributed by atoms with Crippen LogP contribution in [-0.4, -0.2) is 16.1 Å². The van der Waals surface area contributed by atoms with Crippen LogP contribution in [0.1, 0.15) is 11.1 Å². The van der Waals surface area contributed by atoms with Crippen LogP contribution in [0.5, 0.6) is 0 Å². The van der Waals surface area contributed by atoms with Crippen molar-refractivity contribution in [3.05, 3.63) is 65.9 Å². The monoisotopic (exact) mass is 271 g/mol. The molecule has 0 spiro atoms. The van der Waals surface area contributed by atoms with Crippen LogP contribution in [0.3, 0.4) is 0 Å². The smallest absolute Gasteiger partial charge is 0.328 e. The Morgan fingerprint density at radius 2 is 2.00 bits per heavy atom. The molecule has 2 rings (SSSR count). The molecule has 0 aliphatic rings. The van der Waals surface area contributed by atoms with Crippen molar-refractivity contribution >= 4 is 23.8 Å². The zero-order valence-electron chi connectivity index (χ0n) is 10.2. The largest absolute Gasteiger partial charge is 0.478 e. The van der Waals surface area contributed by atoms with Gasteiger partial charge in [0.15, 0.2) is 0 Å². The number of carboxylic acids is 1. The molecule has 0 atom stereocenters. The van der Waals surface area contributed by atoms with Gasteiger partial charge in [0.05, 0.1) is 5.03 Å². The first-order valence-electron chi connectivity index (χ1n) is 5.78. The van der Waals surface area contributed by atoms with Gasteiger partial charge in [-0.2, -0.15) is 0 Å². The highest BCUT2D eigenvalue weighted by atomic mass is 32.2. The molecule has 0 bridgehead atoms. The first-order chi connectivity index (χ1) is 9.24. The highest BCUT2D eigenvalue weighted by molar-refractivity contribution is 7.98. The number of thioether (sulfide) groups is 1. The molecular formula is C15H13NO2S. The third kappa shape index (κ3) is 4.60. The molecule has 19 heavy (non-hydrogen) atoms. The summed E-state index contributed by atoms with van der Waals surface area (Å²) < 4.78 is 0. The number of pyridine rings is 1. The third-order valence-electron chi connectivity index (χ3n) is 2.42. The predicted octanol–water partition coefficient (Wildman–Crippen LogP) is 3.47. The summed E-state index contributed by atoms with van der Waals surface area (Å²) in [4.78, 5) is 14.6. The fourth-order valence-electron chi connectivity index (χ4n) is 1.48. The lowest BCUT2D eigenvalue weighted by Gasteiger charge is -2.01. The molecule has 96 valence electrons. The van der Waals surface area contributed by atoms with Gasteiger partial charge < -0.3 is 5.11 Å². The van der Waals surface area contributed by atoms with E-state index in [9.17, 15) is 4.79 Å². The molecular weight excluding hydrogens is 258 g/mol. The van der Waals surface area contributed by atoms with Crippen LogP contribution in [0, 0.1) is 0 Å². The van der Waals surface area contributed by atoms with Crippen molar-refractivity contribution in [1.82, 2.24) is 4.98 Å². The molecule has 0 unspecified atom stereocenters. The van der Waals surface area contributed by atoms with E-state index in [4.69, 9.17) is 5.11 Å². The summed E-state index contributed by atoms with van der Waals surface area (Å²) in [5.41, 5.74) is 2.07. The molecule has 1 N–H and O–H groups in total. The maximum absolute atomic E-state index is 10.4. The fraction of sp³-hybridized carbons (Fsp3) is 0.0667. The van der Waals surface area contributed by atoms with E-state index >= 15 is 0 Å². The second kappa shape index (κ2) is 6.75. The molecule has 0 saturated carbocycles. The molecule has 0 radical (unpaired) electrons. The molecule has 1 aromatic carbocycles. The summed E-state index contributed by atoms with van der Waals surface area (Å²) in [5, 5.41) is 9.54. The molecule has 2 aromatic rings. The zero-order valence-corrected chi connectivity index (χ0v) is 11.0. The number of nitrogens with zero attached hydrogens (tertiary/aromatic N) is 1. The summed E-state index contributed by atoms with van der Waals surface area (Å²) in [7, 11) is 0. The Labute approximate surface area is 116 Å². The van der Waals surface area contributed by atoms with Gasteiger partial charge in [-0.1, -0.05) is 30.3 Å². The van der Waals surface area contributed by atoms with Crippen molar-refractivity contribution in [2.75, 3.05) is 0 Å². The maximum Gasteiger partial charge on any atom is 0.328 e. The standard InChI is InChI=1S/C15H13NO2S/c17-15(18)9-8-12-4-6-13(7-5-12)11-19-14-3-1-2-10-16-14/h1-10H,11H2,(H,17,18). The van der Waals surface area contributed by atoms with Crippen molar-refractivity contribution in [3.8, 4) is 0 Å². The minimum atomic E-state index is -0.935. The van der Waals surface area contributed by atoms with Crippen LogP contribution in [0.25, 0.3) is 6.08 Å². The first-order valence-corrected chi connectivity index (χ1v) is 6.76. The van der Waals surface area contributed by atoms with E-state index in [0.29, 0.717) is 0 Å². The molecule has 1 heterocycles. The maximum atomic E-state index is 10.4. The van der Waals surface area contributed by atoms with Crippen LogP contribution in [0.4, 0.5) is 0 Å². The quantitative estimate of drug-likeness (QED) is 0.668. The number of aliphatic carboxylic acids is 1. The minimum absolute atomic E-state index is 0.847. The number of hydrogen-bond donors (Lipinski definition) is 1. The number of carboxylic acid groups (broad SMARTS) is 1. The van der Waals surface area contributed by atoms with Crippen LogP contribution in [0.15, 0.2) is 59.8 Å². The Morgan fingerprint density at radius 1 is 1.21 bits per heavy atom. The molecule has 0 aliphatic heterocycles. The predicted molar refractivity (Wildman–Crippen MR) is 76.9 cm³/mol. The molecule has 0 aliphatic carbocycles. The van der Waals surface area contributed by atoms with E-state index in [-0.39, 0.29) is 0 Å². The Bertz CT molecular complexity index is 564. The van der Waals surface area contributed by atoms with Gasteiger partial charge in [0.25, 0.3) is 0 Å². The van der Waals surface area contributed by atoms with Gasteiger partial charge >= 0.3 is 5.97 Å². The van der Waals surface area contributed by atoms with E-state index in [2.05, 4.69) is 4.98 Å². The van der Waals surface area contributed by atoms with Gasteiger partial charge in [0, 0.05) is 18.0 Å². The summed E-state index contributed by atoms with van der Waals surface area (Å²) in [6.45, 7) is 0. The van der Waals surface area contributed by atoms with E-state index in [0.717, 1.165) is 22.4 Å². The minimum Gasteiger partial charge on any atom is -0.478 e. The van der Waals surface area contributed by atoms with Crippen molar-refractivity contribution < 1.29 is 9.90 Å². The van der Waals surface area contributed by atoms with Gasteiger partial charge in [-0.3, -0.25) is 0 Å². The van der Waals surface area contributed by atoms with Crippen molar-refractivity contribution in [2.24, 2.45) is 0 Å². The lowest BCUT2D eigenvalue weighted by atomic mass is 10.1. The highest BCUT2D eigenvalue weighted by Gasteiger charge is 1.97. The molecule has 0 saturated heterocycles. The first kappa shape index (κ1) is 13.4. The summed E-state index contributed by atoms with van der Waals surface area (Å²) in [5.74, 6) is -0.0882.